The number of nitrogens with one attached hydrogen (secondary N) is 1. The summed E-state index contributed by atoms with van der Waals surface area (Å²) in [6.45, 7) is 2.60. The van der Waals surface area contributed by atoms with Crippen LogP contribution in [0.5, 0.6) is 0 Å². The molecule has 144 valence electrons. The second-order valence-electron chi connectivity index (χ2n) is 7.12. The second-order valence-corrected chi connectivity index (χ2v) is 7.12. The topological polar surface area (TPSA) is 41.1 Å². The molecule has 0 atom stereocenters. The SMILES string of the molecule is Fc1ccccc1CCNc1cc(-c2ccccc2)nc(N2CCCCC2)n1. The lowest BCUT2D eigenvalue weighted by atomic mass is 10.1. The third-order valence-electron chi connectivity index (χ3n) is 5.08. The minimum Gasteiger partial charge on any atom is -0.370 e. The molecule has 1 saturated heterocycles. The summed E-state index contributed by atoms with van der Waals surface area (Å²) in [6.07, 6.45) is 4.23. The molecule has 2 heterocycles. The number of nitrogens with zero attached hydrogens (tertiary/aromatic N) is 3. The van der Waals surface area contributed by atoms with Gasteiger partial charge in [-0.25, -0.2) is 9.37 Å². The zero-order valence-electron chi connectivity index (χ0n) is 15.9. The number of rotatable bonds is 6. The Labute approximate surface area is 165 Å². The molecule has 4 rings (SSSR count). The molecule has 5 heteroatoms. The Morgan fingerprint density at radius 1 is 0.893 bits per heavy atom. The quantitative estimate of drug-likeness (QED) is 0.662. The van der Waals surface area contributed by atoms with Crippen molar-refractivity contribution in [3.63, 3.8) is 0 Å². The third-order valence-corrected chi connectivity index (χ3v) is 5.08. The van der Waals surface area contributed by atoms with Crippen molar-refractivity contribution >= 4 is 11.8 Å². The van der Waals surface area contributed by atoms with Crippen LogP contribution in [-0.2, 0) is 6.42 Å². The molecule has 1 aliphatic heterocycles. The van der Waals surface area contributed by atoms with Crippen LogP contribution in [0.3, 0.4) is 0 Å². The Morgan fingerprint density at radius 2 is 1.64 bits per heavy atom. The predicted molar refractivity (Wildman–Crippen MR) is 112 cm³/mol. The highest BCUT2D eigenvalue weighted by molar-refractivity contribution is 5.64. The van der Waals surface area contributed by atoms with Crippen LogP contribution in [-0.4, -0.2) is 29.6 Å². The monoisotopic (exact) mass is 376 g/mol. The highest BCUT2D eigenvalue weighted by atomic mass is 19.1. The molecule has 0 bridgehead atoms. The number of piperidine rings is 1. The summed E-state index contributed by atoms with van der Waals surface area (Å²) in [7, 11) is 0. The van der Waals surface area contributed by atoms with Gasteiger partial charge in [-0.05, 0) is 37.3 Å². The second kappa shape index (κ2) is 8.83. The van der Waals surface area contributed by atoms with Crippen LogP contribution < -0.4 is 10.2 Å². The number of hydrogen-bond acceptors (Lipinski definition) is 4. The van der Waals surface area contributed by atoms with Gasteiger partial charge in [0, 0.05) is 31.3 Å². The summed E-state index contributed by atoms with van der Waals surface area (Å²) in [4.78, 5) is 11.8. The van der Waals surface area contributed by atoms with Crippen LogP contribution in [0.15, 0.2) is 60.7 Å². The van der Waals surface area contributed by atoms with E-state index in [1.807, 2.05) is 36.4 Å². The third kappa shape index (κ3) is 4.47. The predicted octanol–water partition coefficient (Wildman–Crippen LogP) is 4.93. The molecule has 0 radical (unpaired) electrons. The molecule has 4 nitrogen and oxygen atoms in total. The van der Waals surface area contributed by atoms with Gasteiger partial charge in [-0.15, -0.1) is 0 Å². The first-order chi connectivity index (χ1) is 13.8. The first kappa shape index (κ1) is 18.4. The fourth-order valence-electron chi connectivity index (χ4n) is 3.54. The Bertz CT molecular complexity index is 907. The van der Waals surface area contributed by atoms with Gasteiger partial charge in [-0.3, -0.25) is 0 Å². The average molecular weight is 376 g/mol. The van der Waals surface area contributed by atoms with E-state index in [-0.39, 0.29) is 5.82 Å². The fourth-order valence-corrected chi connectivity index (χ4v) is 3.54. The Kier molecular flexibility index (Phi) is 5.80. The van der Waals surface area contributed by atoms with Crippen LogP contribution in [0.25, 0.3) is 11.3 Å². The molecule has 1 N–H and O–H groups in total. The summed E-state index contributed by atoms with van der Waals surface area (Å²) in [5.74, 6) is 1.39. The van der Waals surface area contributed by atoms with Crippen LogP contribution in [0.1, 0.15) is 24.8 Å². The first-order valence-electron chi connectivity index (χ1n) is 9.96. The normalized spacial score (nSPS) is 14.1. The number of hydrogen-bond donors (Lipinski definition) is 1. The summed E-state index contributed by atoms with van der Waals surface area (Å²) >= 11 is 0. The summed E-state index contributed by atoms with van der Waals surface area (Å²) < 4.78 is 13.8. The van der Waals surface area contributed by atoms with Crippen LogP contribution in [0.4, 0.5) is 16.2 Å². The standard InChI is InChI=1S/C23H25FN4/c24-20-12-6-5-9-18(20)13-14-25-22-17-21(19-10-3-1-4-11-19)26-23(27-22)28-15-7-2-8-16-28/h1,3-6,9-12,17H,2,7-8,13-16H2,(H,25,26,27). The smallest absolute Gasteiger partial charge is 0.227 e. The molecule has 0 amide bonds. The maximum Gasteiger partial charge on any atom is 0.227 e. The van der Waals surface area contributed by atoms with Crippen molar-refractivity contribution in [3.8, 4) is 11.3 Å². The van der Waals surface area contributed by atoms with Crippen LogP contribution in [0, 0.1) is 5.82 Å². The molecular weight excluding hydrogens is 351 g/mol. The maximum atomic E-state index is 13.8. The molecule has 1 fully saturated rings. The van der Waals surface area contributed by atoms with Gasteiger partial charge in [0.1, 0.15) is 11.6 Å². The zero-order chi connectivity index (χ0) is 19.2. The number of benzene rings is 2. The largest absolute Gasteiger partial charge is 0.370 e. The zero-order valence-corrected chi connectivity index (χ0v) is 15.9. The number of anilines is 2. The maximum absolute atomic E-state index is 13.8. The summed E-state index contributed by atoms with van der Waals surface area (Å²) in [6, 6.07) is 19.0. The van der Waals surface area contributed by atoms with E-state index >= 15 is 0 Å². The molecule has 0 spiro atoms. The molecule has 0 saturated carbocycles. The summed E-state index contributed by atoms with van der Waals surface area (Å²) in [5.41, 5.74) is 2.69. The van der Waals surface area contributed by atoms with Crippen molar-refractivity contribution in [2.75, 3.05) is 29.9 Å². The lowest BCUT2D eigenvalue weighted by Crippen LogP contribution is -2.31. The van der Waals surface area contributed by atoms with Crippen molar-refractivity contribution in [2.24, 2.45) is 0 Å². The van der Waals surface area contributed by atoms with Crippen molar-refractivity contribution in [1.82, 2.24) is 9.97 Å². The van der Waals surface area contributed by atoms with E-state index in [9.17, 15) is 4.39 Å². The molecule has 28 heavy (non-hydrogen) atoms. The van der Waals surface area contributed by atoms with Crippen LogP contribution in [0.2, 0.25) is 0 Å². The van der Waals surface area contributed by atoms with E-state index < -0.39 is 0 Å². The fraction of sp³-hybridized carbons (Fsp3) is 0.304. The van der Waals surface area contributed by atoms with Gasteiger partial charge in [0.25, 0.3) is 0 Å². The molecule has 2 aromatic carbocycles. The van der Waals surface area contributed by atoms with Gasteiger partial charge in [-0.2, -0.15) is 4.98 Å². The molecule has 1 aromatic heterocycles. The lowest BCUT2D eigenvalue weighted by Gasteiger charge is -2.27. The van der Waals surface area contributed by atoms with E-state index in [1.54, 1.807) is 6.07 Å². The van der Waals surface area contributed by atoms with Gasteiger partial charge in [0.05, 0.1) is 5.69 Å². The van der Waals surface area contributed by atoms with Crippen molar-refractivity contribution in [1.29, 1.82) is 0 Å². The molecular formula is C23H25FN4. The number of halogens is 1. The first-order valence-corrected chi connectivity index (χ1v) is 9.96. The molecule has 1 aliphatic rings. The van der Waals surface area contributed by atoms with Gasteiger partial charge in [0.15, 0.2) is 0 Å². The minimum atomic E-state index is -0.161. The highest BCUT2D eigenvalue weighted by Gasteiger charge is 2.16. The average Bonchev–Trinajstić information content (AvgIpc) is 2.76. The van der Waals surface area contributed by atoms with Gasteiger partial charge in [-0.1, -0.05) is 48.5 Å². The Morgan fingerprint density at radius 3 is 2.43 bits per heavy atom. The highest BCUT2D eigenvalue weighted by Crippen LogP contribution is 2.24. The summed E-state index contributed by atoms with van der Waals surface area (Å²) in [5, 5.41) is 3.37. The lowest BCUT2D eigenvalue weighted by molar-refractivity contribution is 0.568. The van der Waals surface area contributed by atoms with Crippen LogP contribution >= 0.6 is 0 Å². The minimum absolute atomic E-state index is 0.161. The van der Waals surface area contributed by atoms with Crippen molar-refractivity contribution < 1.29 is 4.39 Å². The number of aromatic nitrogens is 2. The molecule has 3 aromatic rings. The van der Waals surface area contributed by atoms with E-state index in [4.69, 9.17) is 9.97 Å². The van der Waals surface area contributed by atoms with Gasteiger partial charge < -0.3 is 10.2 Å². The molecule has 0 aliphatic carbocycles. The van der Waals surface area contributed by atoms with Crippen molar-refractivity contribution in [3.05, 3.63) is 72.0 Å². The van der Waals surface area contributed by atoms with E-state index in [0.29, 0.717) is 18.5 Å². The van der Waals surface area contributed by atoms with E-state index in [0.717, 1.165) is 36.1 Å². The van der Waals surface area contributed by atoms with Crippen molar-refractivity contribution in [2.45, 2.75) is 25.7 Å². The molecule has 0 unspecified atom stereocenters. The Hall–Kier alpha value is -2.95. The van der Waals surface area contributed by atoms with E-state index in [1.165, 1.54) is 25.3 Å². The Balaban J connectivity index is 1.55. The van der Waals surface area contributed by atoms with Gasteiger partial charge in [0.2, 0.25) is 5.95 Å². The van der Waals surface area contributed by atoms with E-state index in [2.05, 4.69) is 22.3 Å². The van der Waals surface area contributed by atoms with Gasteiger partial charge >= 0.3 is 0 Å².